The standard InChI is InChI=1S/C17H12F2N4O5/c18-10-1-4-16(12(19)7-10)28-9-22-6-5-14(21-22)17(25)20-13-3-2-11(23(26)27)8-15(13)24/h1-8,24H,9H2,(H,20,25). The number of nitrogens with one attached hydrogen (secondary N) is 1. The van der Waals surface area contributed by atoms with Gasteiger partial charge in [0.2, 0.25) is 0 Å². The molecule has 2 N–H and O–H groups in total. The fourth-order valence-corrected chi connectivity index (χ4v) is 2.21. The van der Waals surface area contributed by atoms with Crippen molar-refractivity contribution < 1.29 is 28.3 Å². The SMILES string of the molecule is O=C(Nc1ccc([N+](=O)[O-])cc1O)c1ccn(COc2ccc(F)cc2F)n1. The number of non-ortho nitro benzene ring substituents is 1. The molecule has 0 radical (unpaired) electrons. The summed E-state index contributed by atoms with van der Waals surface area (Å²) in [6.07, 6.45) is 1.39. The van der Waals surface area contributed by atoms with Crippen LogP contribution in [0.1, 0.15) is 10.5 Å². The summed E-state index contributed by atoms with van der Waals surface area (Å²) in [6.45, 7) is -0.237. The van der Waals surface area contributed by atoms with Crippen LogP contribution < -0.4 is 10.1 Å². The Balaban J connectivity index is 1.64. The third-order valence-corrected chi connectivity index (χ3v) is 3.56. The molecule has 3 aromatic rings. The van der Waals surface area contributed by atoms with Crippen LogP contribution in [0.5, 0.6) is 11.5 Å². The molecule has 1 heterocycles. The Hall–Kier alpha value is -4.02. The summed E-state index contributed by atoms with van der Waals surface area (Å²) in [5.74, 6) is -2.96. The van der Waals surface area contributed by atoms with Crippen LogP contribution in [0.3, 0.4) is 0 Å². The monoisotopic (exact) mass is 390 g/mol. The number of rotatable bonds is 6. The van der Waals surface area contributed by atoms with Crippen LogP contribution in [0.4, 0.5) is 20.2 Å². The lowest BCUT2D eigenvalue weighted by Crippen LogP contribution is -2.14. The molecule has 9 nitrogen and oxygen atoms in total. The van der Waals surface area contributed by atoms with Crippen molar-refractivity contribution in [3.63, 3.8) is 0 Å². The van der Waals surface area contributed by atoms with Gasteiger partial charge in [-0.05, 0) is 24.3 Å². The lowest BCUT2D eigenvalue weighted by molar-refractivity contribution is -0.384. The first kappa shape index (κ1) is 18.8. The van der Waals surface area contributed by atoms with E-state index < -0.39 is 28.2 Å². The highest BCUT2D eigenvalue weighted by Gasteiger charge is 2.15. The molecule has 0 aliphatic heterocycles. The zero-order chi connectivity index (χ0) is 20.3. The van der Waals surface area contributed by atoms with E-state index in [-0.39, 0.29) is 29.5 Å². The summed E-state index contributed by atoms with van der Waals surface area (Å²) in [4.78, 5) is 22.2. The Bertz CT molecular complexity index is 1050. The molecule has 3 rings (SSSR count). The second-order valence-electron chi connectivity index (χ2n) is 5.50. The van der Waals surface area contributed by atoms with Gasteiger partial charge < -0.3 is 15.2 Å². The average molecular weight is 390 g/mol. The molecule has 144 valence electrons. The zero-order valence-corrected chi connectivity index (χ0v) is 14.0. The minimum absolute atomic E-state index is 0.0326. The van der Waals surface area contributed by atoms with Gasteiger partial charge in [0.1, 0.15) is 11.6 Å². The fraction of sp³-hybridized carbons (Fsp3) is 0.0588. The molecular weight excluding hydrogens is 378 g/mol. The maximum absolute atomic E-state index is 13.5. The van der Waals surface area contributed by atoms with Crippen LogP contribution >= 0.6 is 0 Å². The largest absolute Gasteiger partial charge is 0.506 e. The number of amides is 1. The smallest absolute Gasteiger partial charge is 0.276 e. The molecular formula is C17H12F2N4O5. The summed E-state index contributed by atoms with van der Waals surface area (Å²) in [6, 6.07) is 7.40. The van der Waals surface area contributed by atoms with Gasteiger partial charge in [0.15, 0.2) is 24.0 Å². The molecule has 1 aromatic heterocycles. The predicted octanol–water partition coefficient (Wildman–Crippen LogP) is 3.06. The van der Waals surface area contributed by atoms with Crippen molar-refractivity contribution in [1.29, 1.82) is 0 Å². The summed E-state index contributed by atoms with van der Waals surface area (Å²) in [5, 5.41) is 26.7. The van der Waals surface area contributed by atoms with Crippen molar-refractivity contribution in [2.45, 2.75) is 6.73 Å². The van der Waals surface area contributed by atoms with E-state index in [1.807, 2.05) is 0 Å². The maximum atomic E-state index is 13.5. The first-order valence-electron chi connectivity index (χ1n) is 7.73. The van der Waals surface area contributed by atoms with E-state index in [1.165, 1.54) is 23.0 Å². The normalized spacial score (nSPS) is 10.5. The highest BCUT2D eigenvalue weighted by atomic mass is 19.1. The van der Waals surface area contributed by atoms with E-state index in [0.717, 1.165) is 24.3 Å². The molecule has 28 heavy (non-hydrogen) atoms. The van der Waals surface area contributed by atoms with Crippen molar-refractivity contribution in [3.05, 3.63) is 76.1 Å². The number of anilines is 1. The van der Waals surface area contributed by atoms with Crippen LogP contribution in [-0.2, 0) is 6.73 Å². The van der Waals surface area contributed by atoms with E-state index in [0.29, 0.717) is 6.07 Å². The van der Waals surface area contributed by atoms with Crippen LogP contribution in [0.25, 0.3) is 0 Å². The van der Waals surface area contributed by atoms with Gasteiger partial charge in [-0.2, -0.15) is 5.10 Å². The Morgan fingerprint density at radius 1 is 1.25 bits per heavy atom. The Labute approximate surface area is 155 Å². The van der Waals surface area contributed by atoms with Crippen molar-refractivity contribution in [3.8, 4) is 11.5 Å². The van der Waals surface area contributed by atoms with Gasteiger partial charge in [-0.25, -0.2) is 13.5 Å². The third-order valence-electron chi connectivity index (χ3n) is 3.56. The molecule has 2 aromatic carbocycles. The minimum atomic E-state index is -0.876. The van der Waals surface area contributed by atoms with E-state index >= 15 is 0 Å². The second kappa shape index (κ2) is 7.70. The van der Waals surface area contributed by atoms with Crippen LogP contribution in [0.2, 0.25) is 0 Å². The van der Waals surface area contributed by atoms with E-state index in [4.69, 9.17) is 4.74 Å². The number of benzene rings is 2. The van der Waals surface area contributed by atoms with Crippen molar-refractivity contribution >= 4 is 17.3 Å². The van der Waals surface area contributed by atoms with Gasteiger partial charge in [-0.3, -0.25) is 14.9 Å². The Morgan fingerprint density at radius 3 is 2.71 bits per heavy atom. The number of aromatic nitrogens is 2. The number of carbonyl (C=O) groups is 1. The summed E-state index contributed by atoms with van der Waals surface area (Å²) < 4.78 is 32.8. The van der Waals surface area contributed by atoms with Crippen LogP contribution in [0, 0.1) is 21.7 Å². The number of phenols is 1. The molecule has 0 aliphatic carbocycles. The first-order chi connectivity index (χ1) is 13.3. The number of phenolic OH excluding ortho intramolecular Hbond substituents is 1. The zero-order valence-electron chi connectivity index (χ0n) is 14.0. The van der Waals surface area contributed by atoms with Crippen LogP contribution in [0.15, 0.2) is 48.7 Å². The van der Waals surface area contributed by atoms with Gasteiger partial charge in [0.25, 0.3) is 11.6 Å². The number of aromatic hydroxyl groups is 1. The van der Waals surface area contributed by atoms with Crippen molar-refractivity contribution in [1.82, 2.24) is 9.78 Å². The van der Waals surface area contributed by atoms with Crippen molar-refractivity contribution in [2.24, 2.45) is 0 Å². The highest BCUT2D eigenvalue weighted by Crippen LogP contribution is 2.28. The number of nitro groups is 1. The molecule has 0 atom stereocenters. The molecule has 0 bridgehead atoms. The number of nitro benzene ring substituents is 1. The molecule has 0 fully saturated rings. The van der Waals surface area contributed by atoms with Gasteiger partial charge in [-0.15, -0.1) is 0 Å². The molecule has 0 saturated carbocycles. The number of halogens is 2. The number of nitrogens with zero attached hydrogens (tertiary/aromatic N) is 3. The Kier molecular flexibility index (Phi) is 5.16. The molecule has 0 spiro atoms. The van der Waals surface area contributed by atoms with Gasteiger partial charge in [0.05, 0.1) is 16.7 Å². The summed E-state index contributed by atoms with van der Waals surface area (Å²) in [5.41, 5.74) is -0.402. The second-order valence-corrected chi connectivity index (χ2v) is 5.50. The van der Waals surface area contributed by atoms with E-state index in [2.05, 4.69) is 10.4 Å². The quantitative estimate of drug-likeness (QED) is 0.379. The Morgan fingerprint density at radius 2 is 2.04 bits per heavy atom. The summed E-state index contributed by atoms with van der Waals surface area (Å²) in [7, 11) is 0. The van der Waals surface area contributed by atoms with Crippen LogP contribution in [-0.4, -0.2) is 25.7 Å². The molecule has 0 unspecified atom stereocenters. The van der Waals surface area contributed by atoms with E-state index in [1.54, 1.807) is 0 Å². The lowest BCUT2D eigenvalue weighted by atomic mass is 10.2. The third kappa shape index (κ3) is 4.20. The minimum Gasteiger partial charge on any atom is -0.506 e. The number of ether oxygens (including phenoxy) is 1. The van der Waals surface area contributed by atoms with Gasteiger partial charge >= 0.3 is 0 Å². The van der Waals surface area contributed by atoms with Crippen molar-refractivity contribution in [2.75, 3.05) is 5.32 Å². The molecule has 1 amide bonds. The first-order valence-corrected chi connectivity index (χ1v) is 7.73. The maximum Gasteiger partial charge on any atom is 0.276 e. The molecule has 0 saturated heterocycles. The number of hydrogen-bond acceptors (Lipinski definition) is 6. The molecule has 0 aliphatic rings. The number of carbonyl (C=O) groups excluding carboxylic acids is 1. The predicted molar refractivity (Wildman–Crippen MR) is 91.9 cm³/mol. The van der Waals surface area contributed by atoms with Gasteiger partial charge in [0, 0.05) is 18.3 Å². The number of hydrogen-bond donors (Lipinski definition) is 2. The lowest BCUT2D eigenvalue weighted by Gasteiger charge is -2.07. The highest BCUT2D eigenvalue weighted by molar-refractivity contribution is 6.03. The van der Waals surface area contributed by atoms with E-state index in [9.17, 15) is 28.8 Å². The average Bonchev–Trinajstić information content (AvgIpc) is 3.11. The fourth-order valence-electron chi connectivity index (χ4n) is 2.21. The summed E-state index contributed by atoms with van der Waals surface area (Å²) >= 11 is 0. The topological polar surface area (TPSA) is 120 Å². The molecule has 11 heteroatoms. The van der Waals surface area contributed by atoms with Gasteiger partial charge in [-0.1, -0.05) is 0 Å².